The van der Waals surface area contributed by atoms with Crippen LogP contribution in [0.2, 0.25) is 0 Å². The molecule has 54 valence electrons. The molecule has 0 aromatic rings. The van der Waals surface area contributed by atoms with Crippen molar-refractivity contribution in [3.8, 4) is 0 Å². The molecule has 10 heavy (non-hydrogen) atoms. The van der Waals surface area contributed by atoms with Crippen molar-refractivity contribution < 1.29 is 4.79 Å². The van der Waals surface area contributed by atoms with E-state index in [1.165, 1.54) is 0 Å². The van der Waals surface area contributed by atoms with E-state index in [1.807, 2.05) is 25.2 Å². The van der Waals surface area contributed by atoms with Gasteiger partial charge in [-0.15, -0.1) is 0 Å². The van der Waals surface area contributed by atoms with Crippen molar-refractivity contribution in [3.63, 3.8) is 0 Å². The lowest BCUT2D eigenvalue weighted by Gasteiger charge is -2.06. The minimum Gasteiger partial charge on any atom is -0.369 e. The van der Waals surface area contributed by atoms with E-state index in [0.29, 0.717) is 0 Å². The van der Waals surface area contributed by atoms with Crippen molar-refractivity contribution in [1.29, 1.82) is 0 Å². The molecule has 1 unspecified atom stereocenters. The molecule has 0 radical (unpaired) electrons. The van der Waals surface area contributed by atoms with Gasteiger partial charge in [-0.05, 0) is 13.3 Å². The summed E-state index contributed by atoms with van der Waals surface area (Å²) >= 11 is 0. The summed E-state index contributed by atoms with van der Waals surface area (Å²) in [4.78, 5) is 10.6. The van der Waals surface area contributed by atoms with E-state index in [4.69, 9.17) is 5.73 Å². The number of hydrogen-bond donors (Lipinski definition) is 1. The summed E-state index contributed by atoms with van der Waals surface area (Å²) in [6.45, 7) is 1.83. The molecule has 0 bridgehead atoms. The zero-order valence-corrected chi connectivity index (χ0v) is 6.00. The zero-order valence-electron chi connectivity index (χ0n) is 6.00. The van der Waals surface area contributed by atoms with Crippen LogP contribution in [-0.2, 0) is 4.79 Å². The zero-order chi connectivity index (χ0) is 7.56. The van der Waals surface area contributed by atoms with Crippen LogP contribution in [0.1, 0.15) is 13.3 Å². The van der Waals surface area contributed by atoms with Gasteiger partial charge < -0.3 is 5.73 Å². The van der Waals surface area contributed by atoms with E-state index in [2.05, 4.69) is 0 Å². The summed E-state index contributed by atoms with van der Waals surface area (Å²) < 4.78 is 0. The van der Waals surface area contributed by atoms with E-state index in [0.717, 1.165) is 12.0 Å². The van der Waals surface area contributed by atoms with Crippen molar-refractivity contribution in [2.45, 2.75) is 13.3 Å². The number of hydrogen-bond acceptors (Lipinski definition) is 1. The molecule has 1 aliphatic carbocycles. The van der Waals surface area contributed by atoms with E-state index >= 15 is 0 Å². The minimum absolute atomic E-state index is 0.102. The standard InChI is InChI=1S/C8H11NO/c1-6(8(9)10)7-4-2-3-5-7/h2-4,6H,5H2,1H3,(H2,9,10). The fourth-order valence-electron chi connectivity index (χ4n) is 0.968. The first-order valence-corrected chi connectivity index (χ1v) is 3.36. The minimum atomic E-state index is -0.241. The highest BCUT2D eigenvalue weighted by atomic mass is 16.1. The number of allylic oxidation sites excluding steroid dienone is 3. The molecule has 1 atom stereocenters. The maximum absolute atomic E-state index is 10.6. The van der Waals surface area contributed by atoms with Crippen LogP contribution < -0.4 is 5.73 Å². The Kier molecular flexibility index (Phi) is 1.90. The second-order valence-corrected chi connectivity index (χ2v) is 2.50. The number of nitrogens with two attached hydrogens (primary N) is 1. The highest BCUT2D eigenvalue weighted by Gasteiger charge is 2.13. The van der Waals surface area contributed by atoms with Crippen LogP contribution in [0.3, 0.4) is 0 Å². The number of carbonyl (C=O) groups is 1. The predicted molar refractivity (Wildman–Crippen MR) is 40.2 cm³/mol. The summed E-state index contributed by atoms with van der Waals surface area (Å²) in [5.41, 5.74) is 6.23. The average Bonchev–Trinajstić information content (AvgIpc) is 2.36. The van der Waals surface area contributed by atoms with Crippen LogP contribution in [0, 0.1) is 5.92 Å². The Morgan fingerprint density at radius 1 is 1.80 bits per heavy atom. The fourth-order valence-corrected chi connectivity index (χ4v) is 0.968. The molecule has 0 heterocycles. The van der Waals surface area contributed by atoms with Gasteiger partial charge in [-0.3, -0.25) is 4.79 Å². The number of amides is 1. The molecule has 0 aliphatic heterocycles. The number of primary amides is 1. The van der Waals surface area contributed by atoms with Gasteiger partial charge >= 0.3 is 0 Å². The van der Waals surface area contributed by atoms with E-state index in [1.54, 1.807) is 0 Å². The lowest BCUT2D eigenvalue weighted by Crippen LogP contribution is -2.21. The molecule has 2 nitrogen and oxygen atoms in total. The average molecular weight is 137 g/mol. The molecule has 0 spiro atoms. The summed E-state index contributed by atoms with van der Waals surface area (Å²) in [6, 6.07) is 0. The summed E-state index contributed by atoms with van der Waals surface area (Å²) in [7, 11) is 0. The summed E-state index contributed by atoms with van der Waals surface area (Å²) in [6.07, 6.45) is 6.81. The summed E-state index contributed by atoms with van der Waals surface area (Å²) in [5, 5.41) is 0. The molecule has 2 heteroatoms. The van der Waals surface area contributed by atoms with Gasteiger partial charge in [0.2, 0.25) is 5.91 Å². The summed E-state index contributed by atoms with van der Waals surface area (Å²) in [5.74, 6) is -0.343. The molecule has 0 fully saturated rings. The van der Waals surface area contributed by atoms with Gasteiger partial charge in [0.1, 0.15) is 0 Å². The normalized spacial score (nSPS) is 18.7. The lowest BCUT2D eigenvalue weighted by atomic mass is 10.0. The third kappa shape index (κ3) is 1.26. The Hall–Kier alpha value is -1.05. The van der Waals surface area contributed by atoms with Crippen molar-refractivity contribution in [3.05, 3.63) is 23.8 Å². The van der Waals surface area contributed by atoms with E-state index < -0.39 is 0 Å². The highest BCUT2D eigenvalue weighted by molar-refractivity contribution is 5.79. The lowest BCUT2D eigenvalue weighted by molar-refractivity contribution is -0.120. The van der Waals surface area contributed by atoms with E-state index in [9.17, 15) is 4.79 Å². The number of carbonyl (C=O) groups excluding carboxylic acids is 1. The quantitative estimate of drug-likeness (QED) is 0.606. The second-order valence-electron chi connectivity index (χ2n) is 2.50. The Labute approximate surface area is 60.4 Å². The molecular formula is C8H11NO. The van der Waals surface area contributed by atoms with Crippen molar-refractivity contribution >= 4 is 5.91 Å². The fraction of sp³-hybridized carbons (Fsp3) is 0.375. The Bertz CT molecular complexity index is 203. The van der Waals surface area contributed by atoms with Crippen LogP contribution in [0.5, 0.6) is 0 Å². The van der Waals surface area contributed by atoms with Crippen LogP contribution in [0.15, 0.2) is 23.8 Å². The van der Waals surface area contributed by atoms with Crippen molar-refractivity contribution in [2.75, 3.05) is 0 Å². The first-order chi connectivity index (χ1) is 4.72. The third-order valence-electron chi connectivity index (χ3n) is 1.78. The van der Waals surface area contributed by atoms with Crippen LogP contribution in [0.25, 0.3) is 0 Å². The van der Waals surface area contributed by atoms with Crippen LogP contribution in [-0.4, -0.2) is 5.91 Å². The second kappa shape index (κ2) is 2.69. The first kappa shape index (κ1) is 7.06. The third-order valence-corrected chi connectivity index (χ3v) is 1.78. The largest absolute Gasteiger partial charge is 0.369 e. The highest BCUT2D eigenvalue weighted by Crippen LogP contribution is 2.18. The van der Waals surface area contributed by atoms with Crippen LogP contribution in [0.4, 0.5) is 0 Å². The Balaban J connectivity index is 2.59. The molecule has 0 saturated heterocycles. The Morgan fingerprint density at radius 2 is 2.50 bits per heavy atom. The number of rotatable bonds is 2. The molecule has 0 saturated carbocycles. The Morgan fingerprint density at radius 3 is 2.90 bits per heavy atom. The van der Waals surface area contributed by atoms with Crippen LogP contribution >= 0.6 is 0 Å². The molecular weight excluding hydrogens is 126 g/mol. The molecule has 1 amide bonds. The van der Waals surface area contributed by atoms with Gasteiger partial charge in [0.15, 0.2) is 0 Å². The van der Waals surface area contributed by atoms with Gasteiger partial charge in [-0.25, -0.2) is 0 Å². The maximum atomic E-state index is 10.6. The molecule has 1 aliphatic rings. The van der Waals surface area contributed by atoms with Gasteiger partial charge in [0.25, 0.3) is 0 Å². The van der Waals surface area contributed by atoms with Gasteiger partial charge in [0.05, 0.1) is 5.92 Å². The molecule has 1 rings (SSSR count). The molecule has 2 N–H and O–H groups in total. The first-order valence-electron chi connectivity index (χ1n) is 3.36. The predicted octanol–water partition coefficient (Wildman–Crippen LogP) is 0.994. The van der Waals surface area contributed by atoms with E-state index in [-0.39, 0.29) is 11.8 Å². The maximum Gasteiger partial charge on any atom is 0.224 e. The smallest absolute Gasteiger partial charge is 0.224 e. The monoisotopic (exact) mass is 137 g/mol. The van der Waals surface area contributed by atoms with Gasteiger partial charge in [-0.2, -0.15) is 0 Å². The molecule has 0 aromatic carbocycles. The SMILES string of the molecule is CC(C(N)=O)C1=CC=CC1. The van der Waals surface area contributed by atoms with Crippen molar-refractivity contribution in [1.82, 2.24) is 0 Å². The van der Waals surface area contributed by atoms with Gasteiger partial charge in [0, 0.05) is 0 Å². The topological polar surface area (TPSA) is 43.1 Å². The van der Waals surface area contributed by atoms with Gasteiger partial charge in [-0.1, -0.05) is 23.8 Å². The molecule has 0 aromatic heterocycles. The van der Waals surface area contributed by atoms with Crippen molar-refractivity contribution in [2.24, 2.45) is 11.7 Å².